The lowest BCUT2D eigenvalue weighted by Gasteiger charge is -2.28. The van der Waals surface area contributed by atoms with E-state index in [1.165, 1.54) is 0 Å². The molecule has 0 fully saturated rings. The van der Waals surface area contributed by atoms with Gasteiger partial charge in [0.15, 0.2) is 0 Å². The summed E-state index contributed by atoms with van der Waals surface area (Å²) in [6, 6.07) is 14.9. The van der Waals surface area contributed by atoms with Gasteiger partial charge in [-0.3, -0.25) is 4.79 Å². The monoisotopic (exact) mass is 320 g/mol. The molecule has 0 atom stereocenters. The van der Waals surface area contributed by atoms with Crippen molar-refractivity contribution in [3.8, 4) is 5.75 Å². The van der Waals surface area contributed by atoms with Crippen molar-refractivity contribution in [2.24, 2.45) is 5.41 Å². The molecule has 2 aromatic rings. The molecule has 0 bridgehead atoms. The Hall–Kier alpha value is -2.81. The van der Waals surface area contributed by atoms with E-state index in [1.807, 2.05) is 55.5 Å². The molecule has 2 N–H and O–H groups in total. The molecular weight excluding hydrogens is 300 g/mol. The minimum absolute atomic E-state index is 0.0231. The lowest BCUT2D eigenvalue weighted by molar-refractivity contribution is -0.143. The molecule has 122 valence electrons. The van der Waals surface area contributed by atoms with Gasteiger partial charge in [-0.2, -0.15) is 0 Å². The van der Waals surface area contributed by atoms with Crippen LogP contribution < -0.4 is 0 Å². The standard InChI is InChI=1S/C21H20O3/c1-15-4-2-3-5-18(15)14-21(20(23)24)12-10-17(11-13-21)16-6-8-19(22)9-7-16/h2-13,17,22H,14H2,1H3,(H,23,24). The van der Waals surface area contributed by atoms with Crippen LogP contribution in [0.4, 0.5) is 0 Å². The molecule has 2 aromatic carbocycles. The maximum Gasteiger partial charge on any atom is 0.317 e. The number of allylic oxidation sites excluding steroid dienone is 2. The van der Waals surface area contributed by atoms with Crippen LogP contribution in [0.1, 0.15) is 22.6 Å². The summed E-state index contributed by atoms with van der Waals surface area (Å²) in [6.07, 6.45) is 7.88. The van der Waals surface area contributed by atoms with Crippen molar-refractivity contribution in [2.45, 2.75) is 19.3 Å². The van der Waals surface area contributed by atoms with Crippen LogP contribution in [0.3, 0.4) is 0 Å². The number of hydrogen-bond donors (Lipinski definition) is 2. The first-order valence-electron chi connectivity index (χ1n) is 7.96. The predicted octanol–water partition coefficient (Wildman–Crippen LogP) is 4.22. The zero-order valence-corrected chi connectivity index (χ0v) is 13.5. The van der Waals surface area contributed by atoms with Crippen LogP contribution in [0.5, 0.6) is 5.75 Å². The molecule has 0 heterocycles. The average molecular weight is 320 g/mol. The van der Waals surface area contributed by atoms with Crippen molar-refractivity contribution < 1.29 is 15.0 Å². The second kappa shape index (κ2) is 6.36. The summed E-state index contributed by atoms with van der Waals surface area (Å²) in [6.45, 7) is 2.00. The SMILES string of the molecule is Cc1ccccc1CC1(C(=O)O)C=CC(c2ccc(O)cc2)C=C1. The highest BCUT2D eigenvalue weighted by Crippen LogP contribution is 2.36. The van der Waals surface area contributed by atoms with E-state index in [-0.39, 0.29) is 11.7 Å². The fraction of sp³-hybridized carbons (Fsp3) is 0.190. The van der Waals surface area contributed by atoms with Crippen molar-refractivity contribution >= 4 is 5.97 Å². The zero-order valence-electron chi connectivity index (χ0n) is 13.5. The van der Waals surface area contributed by atoms with Crippen molar-refractivity contribution in [1.82, 2.24) is 0 Å². The van der Waals surface area contributed by atoms with E-state index >= 15 is 0 Å². The minimum Gasteiger partial charge on any atom is -0.508 e. The Kier molecular flexibility index (Phi) is 4.26. The van der Waals surface area contributed by atoms with Crippen LogP contribution >= 0.6 is 0 Å². The molecule has 1 aliphatic carbocycles. The zero-order chi connectivity index (χ0) is 17.2. The molecule has 0 amide bonds. The van der Waals surface area contributed by atoms with Gasteiger partial charge in [0.2, 0.25) is 0 Å². The Labute approximate surface area is 141 Å². The molecule has 3 rings (SSSR count). The Balaban J connectivity index is 1.87. The molecule has 0 radical (unpaired) electrons. The molecule has 24 heavy (non-hydrogen) atoms. The van der Waals surface area contributed by atoms with Gasteiger partial charge >= 0.3 is 5.97 Å². The van der Waals surface area contributed by atoms with Crippen molar-refractivity contribution in [3.05, 3.63) is 89.5 Å². The summed E-state index contributed by atoms with van der Waals surface area (Å²) in [5.74, 6) is -0.598. The number of carboxylic acids is 1. The number of benzene rings is 2. The number of hydrogen-bond acceptors (Lipinski definition) is 2. The largest absolute Gasteiger partial charge is 0.508 e. The minimum atomic E-state index is -1.01. The van der Waals surface area contributed by atoms with E-state index in [0.717, 1.165) is 16.7 Å². The third kappa shape index (κ3) is 3.11. The summed E-state index contributed by atoms with van der Waals surface area (Å²) in [4.78, 5) is 11.9. The molecule has 0 aromatic heterocycles. The van der Waals surface area contributed by atoms with Crippen LogP contribution in [0.15, 0.2) is 72.8 Å². The third-order valence-electron chi connectivity index (χ3n) is 4.62. The number of aromatic hydroxyl groups is 1. The lowest BCUT2D eigenvalue weighted by Crippen LogP contribution is -2.31. The van der Waals surface area contributed by atoms with Gasteiger partial charge in [0.1, 0.15) is 11.2 Å². The first kappa shape index (κ1) is 16.1. The highest BCUT2D eigenvalue weighted by atomic mass is 16.4. The van der Waals surface area contributed by atoms with Crippen LogP contribution in [-0.2, 0) is 11.2 Å². The summed E-state index contributed by atoms with van der Waals surface area (Å²) in [5.41, 5.74) is 2.15. The lowest BCUT2D eigenvalue weighted by atomic mass is 9.75. The fourth-order valence-corrected chi connectivity index (χ4v) is 3.05. The van der Waals surface area contributed by atoms with Gasteiger partial charge in [-0.25, -0.2) is 0 Å². The van der Waals surface area contributed by atoms with Gasteiger partial charge in [0.25, 0.3) is 0 Å². The van der Waals surface area contributed by atoms with Gasteiger partial charge < -0.3 is 10.2 Å². The van der Waals surface area contributed by atoms with E-state index < -0.39 is 11.4 Å². The summed E-state index contributed by atoms with van der Waals surface area (Å²) >= 11 is 0. The third-order valence-corrected chi connectivity index (χ3v) is 4.62. The highest BCUT2D eigenvalue weighted by Gasteiger charge is 2.35. The van der Waals surface area contributed by atoms with E-state index in [2.05, 4.69) is 0 Å². The van der Waals surface area contributed by atoms with Gasteiger partial charge in [-0.15, -0.1) is 0 Å². The Morgan fingerprint density at radius 3 is 2.25 bits per heavy atom. The molecule has 0 saturated heterocycles. The number of phenolic OH excluding ortho intramolecular Hbond substituents is 1. The predicted molar refractivity (Wildman–Crippen MR) is 94.1 cm³/mol. The molecule has 0 aliphatic heterocycles. The van der Waals surface area contributed by atoms with Crippen molar-refractivity contribution in [1.29, 1.82) is 0 Å². The number of aryl methyl sites for hydroxylation is 1. The van der Waals surface area contributed by atoms with Crippen molar-refractivity contribution in [2.75, 3.05) is 0 Å². The van der Waals surface area contributed by atoms with E-state index in [9.17, 15) is 15.0 Å². The highest BCUT2D eigenvalue weighted by molar-refractivity contribution is 5.81. The normalized spacial score (nSPS) is 22.5. The first-order valence-corrected chi connectivity index (χ1v) is 7.96. The maximum absolute atomic E-state index is 11.9. The van der Waals surface area contributed by atoms with Crippen LogP contribution in [0.2, 0.25) is 0 Å². The summed E-state index contributed by atoms with van der Waals surface area (Å²) in [7, 11) is 0. The van der Waals surface area contributed by atoms with Gasteiger partial charge in [0, 0.05) is 5.92 Å². The van der Waals surface area contributed by atoms with Gasteiger partial charge in [0.05, 0.1) is 0 Å². The second-order valence-electron chi connectivity index (χ2n) is 6.28. The fourth-order valence-electron chi connectivity index (χ4n) is 3.05. The number of phenols is 1. The van der Waals surface area contributed by atoms with Crippen LogP contribution in [-0.4, -0.2) is 16.2 Å². The van der Waals surface area contributed by atoms with Gasteiger partial charge in [-0.1, -0.05) is 60.7 Å². The molecule has 3 nitrogen and oxygen atoms in total. The number of aliphatic carboxylic acids is 1. The molecule has 1 aliphatic rings. The number of carboxylic acid groups (broad SMARTS) is 1. The van der Waals surface area contributed by atoms with E-state index in [1.54, 1.807) is 24.3 Å². The quantitative estimate of drug-likeness (QED) is 0.829. The molecule has 0 spiro atoms. The molecule has 3 heteroatoms. The van der Waals surface area contributed by atoms with Gasteiger partial charge in [-0.05, 0) is 42.2 Å². The molecule has 0 unspecified atom stereocenters. The van der Waals surface area contributed by atoms with Crippen molar-refractivity contribution in [3.63, 3.8) is 0 Å². The van der Waals surface area contributed by atoms with E-state index in [4.69, 9.17) is 0 Å². The topological polar surface area (TPSA) is 57.5 Å². The van der Waals surface area contributed by atoms with Crippen LogP contribution in [0.25, 0.3) is 0 Å². The van der Waals surface area contributed by atoms with E-state index in [0.29, 0.717) is 6.42 Å². The maximum atomic E-state index is 11.9. The number of carbonyl (C=O) groups is 1. The summed E-state index contributed by atoms with van der Waals surface area (Å²) < 4.78 is 0. The Morgan fingerprint density at radius 2 is 1.67 bits per heavy atom. The number of rotatable bonds is 4. The average Bonchev–Trinajstić information content (AvgIpc) is 2.58. The molecular formula is C21H20O3. The Bertz CT molecular complexity index is 786. The first-order chi connectivity index (χ1) is 11.5. The Morgan fingerprint density at radius 1 is 1.04 bits per heavy atom. The second-order valence-corrected chi connectivity index (χ2v) is 6.28. The smallest absolute Gasteiger partial charge is 0.317 e. The van der Waals surface area contributed by atoms with Crippen LogP contribution in [0, 0.1) is 12.3 Å². The molecule has 0 saturated carbocycles. The summed E-state index contributed by atoms with van der Waals surface area (Å²) in [5, 5.41) is 19.2.